The fourth-order valence-corrected chi connectivity index (χ4v) is 4.00. The Morgan fingerprint density at radius 2 is 2.20 bits per heavy atom. The number of likely N-dealkylation sites (tertiary alicyclic amines) is 1. The van der Waals surface area contributed by atoms with Crippen LogP contribution in [0.1, 0.15) is 37.7 Å². The molecule has 3 nitrogen and oxygen atoms in total. The molecule has 1 aliphatic heterocycles. The van der Waals surface area contributed by atoms with Crippen LogP contribution in [0.3, 0.4) is 0 Å². The summed E-state index contributed by atoms with van der Waals surface area (Å²) in [6.07, 6.45) is 7.14. The highest BCUT2D eigenvalue weighted by Crippen LogP contribution is 2.40. The van der Waals surface area contributed by atoms with Crippen LogP contribution in [0.25, 0.3) is 0 Å². The average molecular weight is 315 g/mol. The second-order valence-electron chi connectivity index (χ2n) is 6.13. The van der Waals surface area contributed by atoms with Crippen LogP contribution in [0, 0.1) is 5.92 Å². The average Bonchev–Trinajstić information content (AvgIpc) is 2.42. The lowest BCUT2D eigenvalue weighted by Crippen LogP contribution is -2.52. The molecule has 2 atom stereocenters. The number of halogens is 2. The van der Waals surface area contributed by atoms with Gasteiger partial charge in [0.05, 0.1) is 5.60 Å². The Bertz CT molecular complexity index is 497. The standard InChI is InChI=1S/C15H20Cl2N2O/c16-13-7-14(17)18-8-11(13)9-19-6-5-15(20)4-2-1-3-12(15)10-19/h7-8,12,20H,1-6,9-10H2. The molecule has 0 spiro atoms. The monoisotopic (exact) mass is 314 g/mol. The quantitative estimate of drug-likeness (QED) is 0.849. The number of rotatable bonds is 2. The molecule has 1 aliphatic carbocycles. The van der Waals surface area contributed by atoms with Crippen LogP contribution >= 0.6 is 23.2 Å². The SMILES string of the molecule is OC12CCCCC1CN(Cc1cnc(Cl)cc1Cl)CC2. The number of fused-ring (bicyclic) bond motifs is 1. The van der Waals surface area contributed by atoms with Crippen LogP contribution in [-0.2, 0) is 6.54 Å². The third-order valence-electron chi connectivity index (χ3n) is 4.80. The smallest absolute Gasteiger partial charge is 0.130 e. The van der Waals surface area contributed by atoms with Gasteiger partial charge in [0.15, 0.2) is 0 Å². The molecule has 1 aromatic rings. The van der Waals surface area contributed by atoms with Crippen LogP contribution in [0.2, 0.25) is 10.2 Å². The maximum absolute atomic E-state index is 10.7. The molecular weight excluding hydrogens is 295 g/mol. The Kier molecular flexibility index (Phi) is 4.23. The van der Waals surface area contributed by atoms with Crippen molar-refractivity contribution < 1.29 is 5.11 Å². The molecule has 5 heteroatoms. The summed E-state index contributed by atoms with van der Waals surface area (Å²) in [5, 5.41) is 11.8. The van der Waals surface area contributed by atoms with E-state index >= 15 is 0 Å². The highest BCUT2D eigenvalue weighted by molar-refractivity contribution is 6.34. The molecule has 1 saturated heterocycles. The zero-order valence-corrected chi connectivity index (χ0v) is 13.0. The van der Waals surface area contributed by atoms with Crippen LogP contribution in [0.5, 0.6) is 0 Å². The van der Waals surface area contributed by atoms with Gasteiger partial charge in [-0.05, 0) is 25.3 Å². The number of aromatic nitrogens is 1. The summed E-state index contributed by atoms with van der Waals surface area (Å²) in [4.78, 5) is 6.48. The second kappa shape index (κ2) is 5.80. The van der Waals surface area contributed by atoms with Crippen molar-refractivity contribution in [2.24, 2.45) is 5.92 Å². The summed E-state index contributed by atoms with van der Waals surface area (Å²) < 4.78 is 0. The number of nitrogens with zero attached hydrogens (tertiary/aromatic N) is 2. The van der Waals surface area contributed by atoms with Gasteiger partial charge >= 0.3 is 0 Å². The molecule has 1 aromatic heterocycles. The number of piperidine rings is 1. The van der Waals surface area contributed by atoms with E-state index in [1.807, 2.05) is 0 Å². The molecule has 1 saturated carbocycles. The summed E-state index contributed by atoms with van der Waals surface area (Å²) >= 11 is 12.0. The molecule has 2 fully saturated rings. The highest BCUT2D eigenvalue weighted by atomic mass is 35.5. The number of hydrogen-bond donors (Lipinski definition) is 1. The normalized spacial score (nSPS) is 31.1. The molecule has 2 aliphatic rings. The van der Waals surface area contributed by atoms with Crippen LogP contribution < -0.4 is 0 Å². The number of pyridine rings is 1. The molecule has 20 heavy (non-hydrogen) atoms. The highest BCUT2D eigenvalue weighted by Gasteiger charge is 2.42. The first kappa shape index (κ1) is 14.6. The third kappa shape index (κ3) is 2.96. The molecule has 3 rings (SSSR count). The zero-order chi connectivity index (χ0) is 14.2. The molecule has 0 aromatic carbocycles. The fraction of sp³-hybridized carbons (Fsp3) is 0.667. The Labute approximate surface area is 129 Å². The van der Waals surface area contributed by atoms with Crippen LogP contribution in [0.15, 0.2) is 12.3 Å². The van der Waals surface area contributed by atoms with E-state index in [0.717, 1.165) is 44.5 Å². The summed E-state index contributed by atoms with van der Waals surface area (Å²) in [6.45, 7) is 2.66. The van der Waals surface area contributed by atoms with Crippen molar-refractivity contribution in [2.75, 3.05) is 13.1 Å². The van der Waals surface area contributed by atoms with Crippen molar-refractivity contribution in [1.29, 1.82) is 0 Å². The van der Waals surface area contributed by atoms with Gasteiger partial charge in [0.2, 0.25) is 0 Å². The molecular formula is C15H20Cl2N2O. The summed E-state index contributed by atoms with van der Waals surface area (Å²) in [7, 11) is 0. The summed E-state index contributed by atoms with van der Waals surface area (Å²) in [6, 6.07) is 1.69. The zero-order valence-electron chi connectivity index (χ0n) is 11.5. The van der Waals surface area contributed by atoms with Gasteiger partial charge in [0.25, 0.3) is 0 Å². The Morgan fingerprint density at radius 3 is 3.00 bits per heavy atom. The van der Waals surface area contributed by atoms with Gasteiger partial charge in [-0.2, -0.15) is 0 Å². The molecule has 0 bridgehead atoms. The Hall–Kier alpha value is -0.350. The molecule has 2 unspecified atom stereocenters. The minimum absolute atomic E-state index is 0.407. The van der Waals surface area contributed by atoms with Crippen molar-refractivity contribution in [3.05, 3.63) is 28.0 Å². The van der Waals surface area contributed by atoms with Crippen molar-refractivity contribution in [3.63, 3.8) is 0 Å². The van der Waals surface area contributed by atoms with E-state index in [9.17, 15) is 5.11 Å². The minimum atomic E-state index is -0.420. The van der Waals surface area contributed by atoms with Crippen molar-refractivity contribution in [1.82, 2.24) is 9.88 Å². The van der Waals surface area contributed by atoms with Crippen LogP contribution in [0.4, 0.5) is 0 Å². The Morgan fingerprint density at radius 1 is 1.35 bits per heavy atom. The van der Waals surface area contributed by atoms with Crippen LogP contribution in [-0.4, -0.2) is 33.7 Å². The van der Waals surface area contributed by atoms with E-state index in [0.29, 0.717) is 16.1 Å². The lowest BCUT2D eigenvalue weighted by atomic mass is 9.71. The summed E-state index contributed by atoms with van der Waals surface area (Å²) in [5.41, 5.74) is 0.592. The van der Waals surface area contributed by atoms with E-state index in [-0.39, 0.29) is 0 Å². The Balaban J connectivity index is 1.67. The number of hydrogen-bond acceptors (Lipinski definition) is 3. The predicted octanol–water partition coefficient (Wildman–Crippen LogP) is 3.52. The lowest BCUT2D eigenvalue weighted by Gasteiger charge is -2.47. The number of aliphatic hydroxyl groups is 1. The summed E-state index contributed by atoms with van der Waals surface area (Å²) in [5.74, 6) is 0.407. The van der Waals surface area contributed by atoms with Gasteiger partial charge in [0.1, 0.15) is 5.15 Å². The van der Waals surface area contributed by atoms with E-state index in [4.69, 9.17) is 23.2 Å². The first-order valence-electron chi connectivity index (χ1n) is 7.31. The fourth-order valence-electron chi connectivity index (χ4n) is 3.58. The predicted molar refractivity (Wildman–Crippen MR) is 81.1 cm³/mol. The molecule has 1 N–H and O–H groups in total. The first-order chi connectivity index (χ1) is 9.57. The lowest BCUT2D eigenvalue weighted by molar-refractivity contribution is -0.0967. The third-order valence-corrected chi connectivity index (χ3v) is 5.36. The molecule has 0 radical (unpaired) electrons. The van der Waals surface area contributed by atoms with Gasteiger partial charge in [-0.1, -0.05) is 36.0 Å². The maximum atomic E-state index is 10.7. The minimum Gasteiger partial charge on any atom is -0.390 e. The van der Waals surface area contributed by atoms with Crippen molar-refractivity contribution in [3.8, 4) is 0 Å². The van der Waals surface area contributed by atoms with E-state index in [1.165, 1.54) is 12.8 Å². The molecule has 110 valence electrons. The van der Waals surface area contributed by atoms with Crippen molar-refractivity contribution in [2.45, 2.75) is 44.2 Å². The van der Waals surface area contributed by atoms with Gasteiger partial charge in [-0.15, -0.1) is 0 Å². The molecule has 2 heterocycles. The van der Waals surface area contributed by atoms with E-state index < -0.39 is 5.60 Å². The second-order valence-corrected chi connectivity index (χ2v) is 6.92. The topological polar surface area (TPSA) is 36.4 Å². The van der Waals surface area contributed by atoms with Crippen molar-refractivity contribution >= 4 is 23.2 Å². The molecule has 0 amide bonds. The van der Waals surface area contributed by atoms with Gasteiger partial charge in [-0.25, -0.2) is 4.98 Å². The van der Waals surface area contributed by atoms with Gasteiger partial charge in [0, 0.05) is 42.3 Å². The van der Waals surface area contributed by atoms with E-state index in [2.05, 4.69) is 9.88 Å². The largest absolute Gasteiger partial charge is 0.390 e. The van der Waals surface area contributed by atoms with E-state index in [1.54, 1.807) is 12.3 Å². The first-order valence-corrected chi connectivity index (χ1v) is 8.07. The van der Waals surface area contributed by atoms with Gasteiger partial charge < -0.3 is 5.11 Å². The maximum Gasteiger partial charge on any atom is 0.130 e. The van der Waals surface area contributed by atoms with Gasteiger partial charge in [-0.3, -0.25) is 4.90 Å².